The molecule has 2 aromatic heterocycles. The molecule has 0 radical (unpaired) electrons. The molecule has 0 aliphatic rings. The Bertz CT molecular complexity index is 4170. The van der Waals surface area contributed by atoms with Crippen LogP contribution in [0.15, 0.2) is 206 Å². The first-order valence-electron chi connectivity index (χ1n) is 24.0. The van der Waals surface area contributed by atoms with Crippen LogP contribution in [0.4, 0.5) is 24.5 Å². The van der Waals surface area contributed by atoms with Crippen molar-refractivity contribution in [2.45, 2.75) is 6.18 Å². The molecule has 0 fully saturated rings. The van der Waals surface area contributed by atoms with Crippen LogP contribution in [0.25, 0.3) is 120 Å². The first kappa shape index (κ1) is 46.1. The summed E-state index contributed by atoms with van der Waals surface area (Å²) in [5, 5.41) is 33.3. The van der Waals surface area contributed by atoms with Crippen LogP contribution in [0.5, 0.6) is 0 Å². The smallest absolute Gasteiger partial charge is 0.308 e. The highest BCUT2D eigenvalue weighted by Crippen LogP contribution is 2.48. The standard InChI is InChI=1S/C66H34F3N7/c1-73-57-20-9-7-18-51(57)44-24-28-55-53-26-22-42(49-16-5-3-13-46(49)38-71)31-59(53)75(61(55)33-44)63-35-48(41-15-11-12-40(30-41)37-70)36-64(65(63)66(67,68)69)76-60-32-43(50-17-6-4-14-47(50)39-72)23-27-54(60)56-29-25-45(34-62(56)76)52-19-8-10-21-58(52)74-2/h3-36H. The molecule has 0 unspecified atom stereocenters. The lowest BCUT2D eigenvalue weighted by molar-refractivity contribution is -0.137. The molecule has 0 bridgehead atoms. The average molecular weight is 982 g/mol. The lowest BCUT2D eigenvalue weighted by Crippen LogP contribution is -2.16. The molecular formula is C66H34F3N7. The zero-order chi connectivity index (χ0) is 52.2. The summed E-state index contributed by atoms with van der Waals surface area (Å²) >= 11 is 0. The number of rotatable bonds is 7. The Morgan fingerprint density at radius 2 is 0.750 bits per heavy atom. The summed E-state index contributed by atoms with van der Waals surface area (Å²) in [6.45, 7) is 16.0. The highest BCUT2D eigenvalue weighted by molar-refractivity contribution is 6.13. The predicted molar refractivity (Wildman–Crippen MR) is 294 cm³/mol. The van der Waals surface area contributed by atoms with Crippen LogP contribution in [0.2, 0.25) is 0 Å². The number of halogens is 3. The number of nitrogens with zero attached hydrogens (tertiary/aromatic N) is 7. The third-order valence-electron chi connectivity index (χ3n) is 14.1. The van der Waals surface area contributed by atoms with Gasteiger partial charge in [0.15, 0.2) is 11.4 Å². The minimum absolute atomic E-state index is 0.223. The number of fused-ring (bicyclic) bond motifs is 6. The Balaban J connectivity index is 1.28. The summed E-state index contributed by atoms with van der Waals surface area (Å²) in [6, 6.07) is 67.2. The van der Waals surface area contributed by atoms with Crippen LogP contribution in [0.1, 0.15) is 22.3 Å². The van der Waals surface area contributed by atoms with Gasteiger partial charge in [-0.25, -0.2) is 9.69 Å². The Kier molecular flexibility index (Phi) is 11.1. The van der Waals surface area contributed by atoms with Crippen molar-refractivity contribution < 1.29 is 13.2 Å². The van der Waals surface area contributed by atoms with Crippen molar-refractivity contribution in [3.63, 3.8) is 0 Å². The van der Waals surface area contributed by atoms with Gasteiger partial charge in [-0.3, -0.25) is 0 Å². The van der Waals surface area contributed by atoms with Crippen molar-refractivity contribution >= 4 is 55.0 Å². The highest BCUT2D eigenvalue weighted by atomic mass is 19.4. The lowest BCUT2D eigenvalue weighted by atomic mass is 9.97. The zero-order valence-electron chi connectivity index (χ0n) is 39.9. The minimum atomic E-state index is -5.05. The molecule has 354 valence electrons. The van der Waals surface area contributed by atoms with Crippen molar-refractivity contribution in [3.8, 4) is 85.2 Å². The Morgan fingerprint density at radius 1 is 0.368 bits per heavy atom. The van der Waals surface area contributed by atoms with E-state index in [-0.39, 0.29) is 11.4 Å². The van der Waals surface area contributed by atoms with Crippen LogP contribution in [-0.4, -0.2) is 9.13 Å². The van der Waals surface area contributed by atoms with E-state index in [9.17, 15) is 15.8 Å². The Hall–Kier alpha value is -11.0. The van der Waals surface area contributed by atoms with Crippen molar-refractivity contribution in [3.05, 3.63) is 251 Å². The second-order valence-corrected chi connectivity index (χ2v) is 18.3. The second-order valence-electron chi connectivity index (χ2n) is 18.3. The van der Waals surface area contributed by atoms with Gasteiger partial charge >= 0.3 is 6.18 Å². The van der Waals surface area contributed by atoms with E-state index in [1.54, 1.807) is 81.9 Å². The normalized spacial score (nSPS) is 11.3. The van der Waals surface area contributed by atoms with Crippen LogP contribution in [0.3, 0.4) is 0 Å². The molecule has 2 heterocycles. The van der Waals surface area contributed by atoms with Crippen molar-refractivity contribution in [2.75, 3.05) is 0 Å². The first-order valence-corrected chi connectivity index (χ1v) is 24.0. The van der Waals surface area contributed by atoms with Gasteiger partial charge in [-0.05, 0) is 116 Å². The van der Waals surface area contributed by atoms with Gasteiger partial charge in [-0.2, -0.15) is 29.0 Å². The quantitative estimate of drug-likeness (QED) is 0.149. The molecule has 0 amide bonds. The van der Waals surface area contributed by atoms with E-state index in [1.165, 1.54) is 12.1 Å². The van der Waals surface area contributed by atoms with Gasteiger partial charge in [-0.15, -0.1) is 0 Å². The number of alkyl halides is 3. The first-order chi connectivity index (χ1) is 37.1. The monoisotopic (exact) mass is 981 g/mol. The van der Waals surface area contributed by atoms with Crippen molar-refractivity contribution in [1.82, 2.24) is 9.13 Å². The Morgan fingerprint density at radius 3 is 1.13 bits per heavy atom. The fourth-order valence-corrected chi connectivity index (χ4v) is 10.7. The largest absolute Gasteiger partial charge is 0.420 e. The molecule has 10 aromatic carbocycles. The minimum Gasteiger partial charge on any atom is -0.308 e. The van der Waals surface area contributed by atoms with Gasteiger partial charge in [0.05, 0.1) is 81.5 Å². The molecule has 0 saturated carbocycles. The molecule has 0 N–H and O–H groups in total. The van der Waals surface area contributed by atoms with Gasteiger partial charge in [0, 0.05) is 21.5 Å². The lowest BCUT2D eigenvalue weighted by Gasteiger charge is -2.23. The number of hydrogen-bond donors (Lipinski definition) is 0. The third-order valence-corrected chi connectivity index (χ3v) is 14.1. The number of hydrogen-bond acceptors (Lipinski definition) is 3. The molecule has 10 heteroatoms. The molecule has 76 heavy (non-hydrogen) atoms. The molecule has 0 aliphatic heterocycles. The number of nitriles is 3. The van der Waals surface area contributed by atoms with E-state index < -0.39 is 11.7 Å². The summed E-state index contributed by atoms with van der Waals surface area (Å²) in [5.41, 5.74) is 7.83. The number of benzene rings is 10. The van der Waals surface area contributed by atoms with Gasteiger partial charge in [0.2, 0.25) is 0 Å². The summed E-state index contributed by atoms with van der Waals surface area (Å²) in [6.07, 6.45) is -5.05. The molecular weight excluding hydrogens is 948 g/mol. The van der Waals surface area contributed by atoms with Crippen molar-refractivity contribution in [1.29, 1.82) is 15.8 Å². The zero-order valence-corrected chi connectivity index (χ0v) is 39.9. The van der Waals surface area contributed by atoms with Gasteiger partial charge < -0.3 is 9.13 Å². The van der Waals surface area contributed by atoms with Gasteiger partial charge in [-0.1, -0.05) is 146 Å². The summed E-state index contributed by atoms with van der Waals surface area (Å²) in [5.74, 6) is 0. The van der Waals surface area contributed by atoms with Crippen LogP contribution in [0, 0.1) is 47.1 Å². The predicted octanol–water partition coefficient (Wildman–Crippen LogP) is 18.0. The second kappa shape index (κ2) is 18.3. The summed E-state index contributed by atoms with van der Waals surface area (Å²) in [7, 11) is 0. The van der Waals surface area contributed by atoms with Gasteiger partial charge in [0.1, 0.15) is 5.56 Å². The summed E-state index contributed by atoms with van der Waals surface area (Å²) in [4.78, 5) is 7.58. The third kappa shape index (κ3) is 7.57. The van der Waals surface area contributed by atoms with Crippen LogP contribution in [-0.2, 0) is 6.18 Å². The summed E-state index contributed by atoms with van der Waals surface area (Å²) < 4.78 is 55.2. The topological polar surface area (TPSA) is 90.0 Å². The van der Waals surface area contributed by atoms with E-state index >= 15 is 13.2 Å². The maximum absolute atomic E-state index is 17.3. The van der Waals surface area contributed by atoms with Gasteiger partial charge in [0.25, 0.3) is 0 Å². The average Bonchev–Trinajstić information content (AvgIpc) is 4.03. The maximum atomic E-state index is 17.3. The van der Waals surface area contributed by atoms with E-state index in [4.69, 9.17) is 13.1 Å². The van der Waals surface area contributed by atoms with Crippen LogP contribution >= 0.6 is 0 Å². The Labute approximate surface area is 433 Å². The van der Waals surface area contributed by atoms with Crippen LogP contribution < -0.4 is 0 Å². The van der Waals surface area contributed by atoms with E-state index in [2.05, 4.69) is 27.9 Å². The number of aromatic nitrogens is 2. The SMILES string of the molecule is [C-]#[N+]c1ccccc1-c1ccc2c3ccc(-c4ccccc4C#N)cc3n(-c3cc(-c4cccc(C#N)c4)cc(-n4c5cc(-c6ccccc6C#N)ccc5c5ccc(-c6ccccc6[N+]#[C-])cc54)c3C(F)(F)F)c2c1. The molecule has 12 rings (SSSR count). The van der Waals surface area contributed by atoms with E-state index in [1.807, 2.05) is 121 Å². The maximum Gasteiger partial charge on any atom is 0.420 e. The molecule has 0 spiro atoms. The molecule has 0 aliphatic carbocycles. The molecule has 0 saturated heterocycles. The molecule has 12 aromatic rings. The fraction of sp³-hybridized carbons (Fsp3) is 0.0152. The van der Waals surface area contributed by atoms with Crippen molar-refractivity contribution in [2.24, 2.45) is 0 Å². The molecule has 0 atom stereocenters. The van der Waals surface area contributed by atoms with E-state index in [0.29, 0.717) is 127 Å². The van der Waals surface area contributed by atoms with E-state index in [0.717, 1.165) is 0 Å². The fourth-order valence-electron chi connectivity index (χ4n) is 10.7. The number of para-hydroxylation sites is 2. The molecule has 7 nitrogen and oxygen atoms in total. The highest BCUT2D eigenvalue weighted by Gasteiger charge is 2.40.